The Labute approximate surface area is 194 Å². The smallest absolute Gasteiger partial charge is 0.322 e. The van der Waals surface area contributed by atoms with Gasteiger partial charge in [-0.25, -0.2) is 9.48 Å². The number of amides is 3. The third-order valence-corrected chi connectivity index (χ3v) is 5.10. The van der Waals surface area contributed by atoms with Crippen LogP contribution in [0.4, 0.5) is 16.3 Å². The number of urea groups is 1. The lowest BCUT2D eigenvalue weighted by molar-refractivity contribution is -0.116. The van der Waals surface area contributed by atoms with Crippen molar-refractivity contribution in [2.75, 3.05) is 30.8 Å². The predicted molar refractivity (Wildman–Crippen MR) is 130 cm³/mol. The van der Waals surface area contributed by atoms with E-state index in [0.29, 0.717) is 23.8 Å². The number of carbonyl (C=O) groups excluding carboxylic acids is 2. The van der Waals surface area contributed by atoms with Crippen LogP contribution in [-0.4, -0.2) is 46.8 Å². The van der Waals surface area contributed by atoms with E-state index in [4.69, 9.17) is 9.84 Å². The summed E-state index contributed by atoms with van der Waals surface area (Å²) in [6.07, 6.45) is 0. The standard InChI is InChI=1S/C25H31N5O3/c1-6-29(24(32)26-19-14-10-11-15-20(19)33-5)17-23(31)27-22-16-21(25(2,3)4)28-30(22)18-12-8-7-9-13-18/h7-16H,6,17H2,1-5H3,(H,26,32)(H,27,31). The highest BCUT2D eigenvalue weighted by atomic mass is 16.5. The van der Waals surface area contributed by atoms with E-state index in [0.717, 1.165) is 11.4 Å². The molecule has 0 aliphatic heterocycles. The minimum Gasteiger partial charge on any atom is -0.495 e. The largest absolute Gasteiger partial charge is 0.495 e. The van der Waals surface area contributed by atoms with Gasteiger partial charge < -0.3 is 20.3 Å². The van der Waals surface area contributed by atoms with Crippen LogP contribution in [-0.2, 0) is 10.2 Å². The van der Waals surface area contributed by atoms with E-state index in [1.54, 1.807) is 22.9 Å². The van der Waals surface area contributed by atoms with Crippen LogP contribution in [0.1, 0.15) is 33.4 Å². The van der Waals surface area contributed by atoms with Crippen molar-refractivity contribution < 1.29 is 14.3 Å². The van der Waals surface area contributed by atoms with E-state index in [2.05, 4.69) is 31.4 Å². The predicted octanol–water partition coefficient (Wildman–Crippen LogP) is 4.67. The fraction of sp³-hybridized carbons (Fsp3) is 0.320. The maximum Gasteiger partial charge on any atom is 0.322 e. The average molecular weight is 450 g/mol. The minimum absolute atomic E-state index is 0.109. The number of likely N-dealkylation sites (N-methyl/N-ethyl adjacent to an activating group) is 1. The summed E-state index contributed by atoms with van der Waals surface area (Å²) in [6.45, 7) is 8.27. The van der Waals surface area contributed by atoms with Gasteiger partial charge in [0, 0.05) is 18.0 Å². The molecular weight excluding hydrogens is 418 g/mol. The summed E-state index contributed by atoms with van der Waals surface area (Å²) in [5.74, 6) is 0.787. The molecule has 1 aromatic heterocycles. The van der Waals surface area contributed by atoms with Crippen LogP contribution in [0.15, 0.2) is 60.7 Å². The summed E-state index contributed by atoms with van der Waals surface area (Å²) in [7, 11) is 1.54. The molecule has 3 aromatic rings. The Morgan fingerprint density at radius 1 is 1.03 bits per heavy atom. The first-order valence-electron chi connectivity index (χ1n) is 10.9. The minimum atomic E-state index is -0.385. The number of anilines is 2. The second-order valence-corrected chi connectivity index (χ2v) is 8.60. The Morgan fingerprint density at radius 3 is 2.33 bits per heavy atom. The molecule has 0 spiro atoms. The molecule has 0 aliphatic carbocycles. The number of aromatic nitrogens is 2. The van der Waals surface area contributed by atoms with Gasteiger partial charge in [0.25, 0.3) is 0 Å². The molecule has 0 saturated heterocycles. The van der Waals surface area contributed by atoms with Crippen LogP contribution in [0.25, 0.3) is 5.69 Å². The molecule has 0 radical (unpaired) electrons. The first-order chi connectivity index (χ1) is 15.7. The number of hydrogen-bond acceptors (Lipinski definition) is 4. The van der Waals surface area contributed by atoms with Crippen molar-refractivity contribution in [3.8, 4) is 11.4 Å². The molecule has 0 fully saturated rings. The molecule has 8 heteroatoms. The van der Waals surface area contributed by atoms with Gasteiger partial charge in [-0.3, -0.25) is 4.79 Å². The highest BCUT2D eigenvalue weighted by Crippen LogP contribution is 2.26. The third kappa shape index (κ3) is 5.91. The zero-order chi connectivity index (χ0) is 24.0. The Morgan fingerprint density at radius 2 is 1.70 bits per heavy atom. The van der Waals surface area contributed by atoms with E-state index in [1.165, 1.54) is 12.0 Å². The van der Waals surface area contributed by atoms with Crippen molar-refractivity contribution in [3.05, 3.63) is 66.4 Å². The lowest BCUT2D eigenvalue weighted by atomic mass is 9.92. The Kier molecular flexibility index (Phi) is 7.37. The lowest BCUT2D eigenvalue weighted by Gasteiger charge is -2.21. The number of hydrogen-bond donors (Lipinski definition) is 2. The molecule has 8 nitrogen and oxygen atoms in total. The van der Waals surface area contributed by atoms with Gasteiger partial charge in [0.05, 0.1) is 24.2 Å². The highest BCUT2D eigenvalue weighted by Gasteiger charge is 2.23. The van der Waals surface area contributed by atoms with Gasteiger partial charge >= 0.3 is 6.03 Å². The molecule has 174 valence electrons. The number of ether oxygens (including phenoxy) is 1. The van der Waals surface area contributed by atoms with Gasteiger partial charge in [0.2, 0.25) is 5.91 Å². The Hall–Kier alpha value is -3.81. The van der Waals surface area contributed by atoms with Crippen LogP contribution in [0.3, 0.4) is 0 Å². The molecule has 2 aromatic carbocycles. The van der Waals surface area contributed by atoms with E-state index < -0.39 is 0 Å². The summed E-state index contributed by atoms with van der Waals surface area (Å²) in [5, 5.41) is 10.4. The number of para-hydroxylation sites is 3. The molecule has 0 atom stereocenters. The summed E-state index contributed by atoms with van der Waals surface area (Å²) < 4.78 is 6.99. The highest BCUT2D eigenvalue weighted by molar-refractivity contribution is 5.97. The van der Waals surface area contributed by atoms with Crippen molar-refractivity contribution in [2.24, 2.45) is 0 Å². The molecule has 1 heterocycles. The van der Waals surface area contributed by atoms with Crippen molar-refractivity contribution in [2.45, 2.75) is 33.1 Å². The fourth-order valence-corrected chi connectivity index (χ4v) is 3.23. The number of rotatable bonds is 7. The van der Waals surface area contributed by atoms with Crippen molar-refractivity contribution in [3.63, 3.8) is 0 Å². The monoisotopic (exact) mass is 449 g/mol. The van der Waals surface area contributed by atoms with Crippen LogP contribution >= 0.6 is 0 Å². The molecule has 3 rings (SSSR count). The first kappa shape index (κ1) is 23.8. The van der Waals surface area contributed by atoms with E-state index in [9.17, 15) is 9.59 Å². The van der Waals surface area contributed by atoms with E-state index in [1.807, 2.05) is 49.4 Å². The summed E-state index contributed by atoms with van der Waals surface area (Å²) in [5.41, 5.74) is 2.04. The zero-order valence-electron chi connectivity index (χ0n) is 19.8. The summed E-state index contributed by atoms with van der Waals surface area (Å²) in [6, 6.07) is 18.2. The number of nitrogens with zero attached hydrogens (tertiary/aromatic N) is 3. The van der Waals surface area contributed by atoms with Gasteiger partial charge in [-0.15, -0.1) is 0 Å². The molecular formula is C25H31N5O3. The molecule has 33 heavy (non-hydrogen) atoms. The SMILES string of the molecule is CCN(CC(=O)Nc1cc(C(C)(C)C)nn1-c1ccccc1)C(=O)Nc1ccccc1OC. The molecule has 0 unspecified atom stereocenters. The van der Waals surface area contributed by atoms with Crippen molar-refractivity contribution in [1.82, 2.24) is 14.7 Å². The van der Waals surface area contributed by atoms with Gasteiger partial charge in [0.15, 0.2) is 0 Å². The van der Waals surface area contributed by atoms with Gasteiger partial charge in [-0.05, 0) is 31.2 Å². The second-order valence-electron chi connectivity index (χ2n) is 8.60. The van der Waals surface area contributed by atoms with Crippen LogP contribution < -0.4 is 15.4 Å². The Balaban J connectivity index is 1.76. The van der Waals surface area contributed by atoms with Gasteiger partial charge in [-0.2, -0.15) is 5.10 Å². The average Bonchev–Trinajstić information content (AvgIpc) is 3.22. The van der Waals surface area contributed by atoms with Crippen LogP contribution in [0.5, 0.6) is 5.75 Å². The van der Waals surface area contributed by atoms with Crippen LogP contribution in [0, 0.1) is 0 Å². The topological polar surface area (TPSA) is 88.5 Å². The maximum absolute atomic E-state index is 12.9. The number of methoxy groups -OCH3 is 1. The van der Waals surface area contributed by atoms with E-state index in [-0.39, 0.29) is 23.9 Å². The van der Waals surface area contributed by atoms with Crippen molar-refractivity contribution in [1.29, 1.82) is 0 Å². The van der Waals surface area contributed by atoms with Gasteiger partial charge in [-0.1, -0.05) is 51.1 Å². The molecule has 0 aliphatic rings. The number of nitrogens with one attached hydrogen (secondary N) is 2. The zero-order valence-corrected chi connectivity index (χ0v) is 19.8. The number of benzene rings is 2. The number of carbonyl (C=O) groups is 2. The quantitative estimate of drug-likeness (QED) is 0.549. The first-order valence-corrected chi connectivity index (χ1v) is 10.9. The van der Waals surface area contributed by atoms with E-state index >= 15 is 0 Å². The van der Waals surface area contributed by atoms with Crippen LogP contribution in [0.2, 0.25) is 0 Å². The molecule has 3 amide bonds. The molecule has 0 bridgehead atoms. The molecule has 2 N–H and O–H groups in total. The summed E-state index contributed by atoms with van der Waals surface area (Å²) in [4.78, 5) is 27.1. The second kappa shape index (κ2) is 10.2. The third-order valence-electron chi connectivity index (χ3n) is 5.10. The van der Waals surface area contributed by atoms with Crippen molar-refractivity contribution >= 4 is 23.4 Å². The maximum atomic E-state index is 12.9. The molecule has 0 saturated carbocycles. The van der Waals surface area contributed by atoms with Gasteiger partial charge in [0.1, 0.15) is 18.1 Å². The normalized spacial score (nSPS) is 11.1. The summed E-state index contributed by atoms with van der Waals surface area (Å²) >= 11 is 0. The Bertz CT molecular complexity index is 1100. The fourth-order valence-electron chi connectivity index (χ4n) is 3.23. The lowest BCUT2D eigenvalue weighted by Crippen LogP contribution is -2.40.